The molecule has 1 atom stereocenters. The van der Waals surface area contributed by atoms with Crippen molar-refractivity contribution in [3.8, 4) is 0 Å². The van der Waals surface area contributed by atoms with Crippen molar-refractivity contribution in [3.05, 3.63) is 34.9 Å². The number of carbonyl (C=O) groups excluding carboxylic acids is 2. The Bertz CT molecular complexity index is 677. The highest BCUT2D eigenvalue weighted by Crippen LogP contribution is 2.47. The number of hydrogen-bond donors (Lipinski definition) is 1. The third kappa shape index (κ3) is 4.50. The molecule has 1 saturated heterocycles. The fourth-order valence-corrected chi connectivity index (χ4v) is 3.52. The zero-order valence-corrected chi connectivity index (χ0v) is 16.4. The van der Waals surface area contributed by atoms with E-state index in [1.54, 1.807) is 4.90 Å². The van der Waals surface area contributed by atoms with E-state index in [1.165, 1.54) is 5.56 Å². The molecule has 0 radical (unpaired) electrons. The predicted molar refractivity (Wildman–Crippen MR) is 101 cm³/mol. The summed E-state index contributed by atoms with van der Waals surface area (Å²) < 4.78 is 5.39. The van der Waals surface area contributed by atoms with Crippen LogP contribution in [0.25, 0.3) is 0 Å². The van der Waals surface area contributed by atoms with E-state index in [2.05, 4.69) is 5.32 Å². The maximum atomic E-state index is 12.5. The van der Waals surface area contributed by atoms with E-state index in [0.29, 0.717) is 26.1 Å². The number of amides is 2. The number of halogens is 1. The maximum absolute atomic E-state index is 12.5. The van der Waals surface area contributed by atoms with Crippen LogP contribution in [0.5, 0.6) is 0 Å². The second-order valence-corrected chi connectivity index (χ2v) is 8.85. The van der Waals surface area contributed by atoms with Crippen LogP contribution in [0.3, 0.4) is 0 Å². The highest BCUT2D eigenvalue weighted by atomic mass is 35.5. The fourth-order valence-electron chi connectivity index (χ4n) is 3.39. The van der Waals surface area contributed by atoms with E-state index in [4.69, 9.17) is 16.3 Å². The van der Waals surface area contributed by atoms with E-state index in [1.807, 2.05) is 45.0 Å². The van der Waals surface area contributed by atoms with Crippen LogP contribution in [0.2, 0.25) is 5.02 Å². The van der Waals surface area contributed by atoms with E-state index >= 15 is 0 Å². The van der Waals surface area contributed by atoms with Gasteiger partial charge in [-0.3, -0.25) is 4.79 Å². The summed E-state index contributed by atoms with van der Waals surface area (Å²) in [6.07, 6.45) is 2.49. The molecule has 2 aliphatic rings. The lowest BCUT2D eigenvalue weighted by atomic mass is 9.95. The van der Waals surface area contributed by atoms with E-state index in [9.17, 15) is 9.59 Å². The fraction of sp³-hybridized carbons (Fsp3) is 0.600. The molecule has 1 aromatic rings. The average molecular weight is 379 g/mol. The number of benzene rings is 1. The van der Waals surface area contributed by atoms with Gasteiger partial charge in [0, 0.05) is 30.1 Å². The smallest absolute Gasteiger partial charge is 0.410 e. The summed E-state index contributed by atoms with van der Waals surface area (Å²) in [5.74, 6) is -0.139. The average Bonchev–Trinajstić information content (AvgIpc) is 3.18. The molecule has 0 bridgehead atoms. The summed E-state index contributed by atoms with van der Waals surface area (Å²) in [5, 5.41) is 3.82. The summed E-state index contributed by atoms with van der Waals surface area (Å²) in [6, 6.07) is 7.88. The molecule has 3 rings (SSSR count). The lowest BCUT2D eigenvalue weighted by molar-refractivity contribution is -0.124. The lowest BCUT2D eigenvalue weighted by Crippen LogP contribution is -2.39. The highest BCUT2D eigenvalue weighted by Gasteiger charge is 2.45. The standard InChI is InChI=1S/C20H27ClN2O3/c1-19(2,3)26-18(25)23-11-8-14(12-23)17(24)22-13-20(9-10-20)15-4-6-16(21)7-5-15/h4-7,14H,8-13H2,1-3H3,(H,22,24). The van der Waals surface area contributed by atoms with Crippen molar-refractivity contribution >= 4 is 23.6 Å². The van der Waals surface area contributed by atoms with Crippen LogP contribution in [0.4, 0.5) is 4.79 Å². The minimum Gasteiger partial charge on any atom is -0.444 e. The molecule has 0 spiro atoms. The van der Waals surface area contributed by atoms with Crippen LogP contribution < -0.4 is 5.32 Å². The van der Waals surface area contributed by atoms with Crippen molar-refractivity contribution in [3.63, 3.8) is 0 Å². The van der Waals surface area contributed by atoms with Crippen molar-refractivity contribution in [1.82, 2.24) is 10.2 Å². The topological polar surface area (TPSA) is 58.6 Å². The van der Waals surface area contributed by atoms with Gasteiger partial charge in [-0.15, -0.1) is 0 Å². The molecule has 1 saturated carbocycles. The SMILES string of the molecule is CC(C)(C)OC(=O)N1CCC(C(=O)NCC2(c3ccc(Cl)cc3)CC2)C1. The first-order valence-electron chi connectivity index (χ1n) is 9.20. The highest BCUT2D eigenvalue weighted by molar-refractivity contribution is 6.30. The van der Waals surface area contributed by atoms with Crippen LogP contribution in [0.15, 0.2) is 24.3 Å². The van der Waals surface area contributed by atoms with Crippen molar-refractivity contribution in [2.75, 3.05) is 19.6 Å². The quantitative estimate of drug-likeness (QED) is 0.868. The molecular formula is C20H27ClN2O3. The van der Waals surface area contributed by atoms with Crippen molar-refractivity contribution in [2.24, 2.45) is 5.92 Å². The number of hydrogen-bond acceptors (Lipinski definition) is 3. The second kappa shape index (κ2) is 7.10. The summed E-state index contributed by atoms with van der Waals surface area (Å²) in [7, 11) is 0. The molecule has 1 aromatic carbocycles. The Morgan fingerprint density at radius 3 is 2.50 bits per heavy atom. The van der Waals surface area contributed by atoms with Crippen LogP contribution in [0, 0.1) is 5.92 Å². The number of carbonyl (C=O) groups is 2. The predicted octanol–water partition coefficient (Wildman–Crippen LogP) is 3.74. The molecule has 6 heteroatoms. The minimum absolute atomic E-state index is 0.0243. The third-order valence-electron chi connectivity index (χ3n) is 5.12. The van der Waals surface area contributed by atoms with Gasteiger partial charge in [0.15, 0.2) is 0 Å². The molecule has 1 N–H and O–H groups in total. The molecule has 1 unspecified atom stereocenters. The molecule has 142 valence electrons. The van der Waals surface area contributed by atoms with Crippen LogP contribution in [-0.2, 0) is 14.9 Å². The molecule has 2 amide bonds. The van der Waals surface area contributed by atoms with Gasteiger partial charge in [0.05, 0.1) is 5.92 Å². The molecule has 0 aromatic heterocycles. The van der Waals surface area contributed by atoms with Crippen molar-refractivity contribution in [2.45, 2.75) is 51.0 Å². The van der Waals surface area contributed by atoms with E-state index in [-0.39, 0.29) is 23.3 Å². The van der Waals surface area contributed by atoms with E-state index < -0.39 is 5.60 Å². The summed E-state index contributed by atoms with van der Waals surface area (Å²) >= 11 is 5.96. The zero-order valence-electron chi connectivity index (χ0n) is 15.7. The van der Waals surface area contributed by atoms with Gasteiger partial charge >= 0.3 is 6.09 Å². The number of rotatable bonds is 4. The number of likely N-dealkylation sites (tertiary alicyclic amines) is 1. The largest absolute Gasteiger partial charge is 0.444 e. The first-order chi connectivity index (χ1) is 12.2. The Kier molecular flexibility index (Phi) is 5.20. The second-order valence-electron chi connectivity index (χ2n) is 8.42. The Balaban J connectivity index is 1.50. The van der Waals surface area contributed by atoms with Crippen LogP contribution in [-0.4, -0.2) is 42.1 Å². The first-order valence-corrected chi connectivity index (χ1v) is 9.58. The minimum atomic E-state index is -0.519. The van der Waals surface area contributed by atoms with Gasteiger partial charge in [0.1, 0.15) is 5.60 Å². The van der Waals surface area contributed by atoms with Crippen LogP contribution >= 0.6 is 11.6 Å². The van der Waals surface area contributed by atoms with Gasteiger partial charge in [0.2, 0.25) is 5.91 Å². The van der Waals surface area contributed by atoms with Gasteiger partial charge in [0.25, 0.3) is 0 Å². The summed E-state index contributed by atoms with van der Waals surface area (Å²) in [5.41, 5.74) is 0.752. The maximum Gasteiger partial charge on any atom is 0.410 e. The Labute approximate surface area is 160 Å². The van der Waals surface area contributed by atoms with Crippen molar-refractivity contribution < 1.29 is 14.3 Å². The van der Waals surface area contributed by atoms with Gasteiger partial charge in [-0.25, -0.2) is 4.79 Å². The molecule has 1 heterocycles. The molecule has 1 aliphatic heterocycles. The summed E-state index contributed by atoms with van der Waals surface area (Å²) in [6.45, 7) is 7.16. The Hall–Kier alpha value is -1.75. The van der Waals surface area contributed by atoms with Gasteiger partial charge < -0.3 is 15.0 Å². The number of ether oxygens (including phenoxy) is 1. The first kappa shape index (κ1) is 19.0. The molecule has 26 heavy (non-hydrogen) atoms. The number of nitrogens with one attached hydrogen (secondary N) is 1. The van der Waals surface area contributed by atoms with Crippen LogP contribution in [0.1, 0.15) is 45.6 Å². The molecule has 2 fully saturated rings. The monoisotopic (exact) mass is 378 g/mol. The Morgan fingerprint density at radius 1 is 1.27 bits per heavy atom. The number of nitrogens with zero attached hydrogens (tertiary/aromatic N) is 1. The normalized spacial score (nSPS) is 21.4. The molecule has 5 nitrogen and oxygen atoms in total. The molecular weight excluding hydrogens is 352 g/mol. The summed E-state index contributed by atoms with van der Waals surface area (Å²) in [4.78, 5) is 26.3. The van der Waals surface area contributed by atoms with Gasteiger partial charge in [-0.1, -0.05) is 23.7 Å². The molecule has 1 aliphatic carbocycles. The van der Waals surface area contributed by atoms with E-state index in [0.717, 1.165) is 17.9 Å². The Morgan fingerprint density at radius 2 is 1.92 bits per heavy atom. The zero-order chi connectivity index (χ0) is 18.9. The van der Waals surface area contributed by atoms with Gasteiger partial charge in [-0.2, -0.15) is 0 Å². The van der Waals surface area contributed by atoms with Gasteiger partial charge in [-0.05, 0) is 57.7 Å². The lowest BCUT2D eigenvalue weighted by Gasteiger charge is -2.24. The van der Waals surface area contributed by atoms with Crippen molar-refractivity contribution in [1.29, 1.82) is 0 Å². The third-order valence-corrected chi connectivity index (χ3v) is 5.37.